The fourth-order valence-corrected chi connectivity index (χ4v) is 2.85. The normalized spacial score (nSPS) is 21.2. The van der Waals surface area contributed by atoms with Crippen molar-refractivity contribution in [3.63, 3.8) is 0 Å². The summed E-state index contributed by atoms with van der Waals surface area (Å²) in [6, 6.07) is 8.36. The van der Waals surface area contributed by atoms with Gasteiger partial charge in [0.15, 0.2) is 5.96 Å². The van der Waals surface area contributed by atoms with E-state index in [0.717, 1.165) is 24.6 Å². The predicted molar refractivity (Wildman–Crippen MR) is 80.3 cm³/mol. The first-order chi connectivity index (χ1) is 9.22. The Morgan fingerprint density at radius 2 is 2.21 bits per heavy atom. The quantitative estimate of drug-likeness (QED) is 0.629. The molecule has 3 nitrogen and oxygen atoms in total. The molecule has 0 heterocycles. The molecule has 3 N–H and O–H groups in total. The molecule has 1 aromatic carbocycles. The first-order valence-corrected chi connectivity index (χ1v) is 7.38. The Labute approximate surface area is 115 Å². The molecule has 0 aromatic heterocycles. The van der Waals surface area contributed by atoms with Crippen molar-refractivity contribution < 1.29 is 0 Å². The zero-order valence-corrected chi connectivity index (χ0v) is 11.7. The molecule has 0 amide bonds. The third-order valence-electron chi connectivity index (χ3n) is 4.51. The van der Waals surface area contributed by atoms with Crippen LogP contribution >= 0.6 is 0 Å². The van der Waals surface area contributed by atoms with E-state index in [4.69, 9.17) is 5.73 Å². The molecule has 0 spiro atoms. The number of hydrogen-bond acceptors (Lipinski definition) is 1. The molecule has 2 aliphatic rings. The van der Waals surface area contributed by atoms with Crippen molar-refractivity contribution in [2.45, 2.75) is 39.0 Å². The third-order valence-corrected chi connectivity index (χ3v) is 4.51. The van der Waals surface area contributed by atoms with E-state index in [1.165, 1.54) is 31.2 Å². The summed E-state index contributed by atoms with van der Waals surface area (Å²) < 4.78 is 0. The lowest BCUT2D eigenvalue weighted by atomic mass is 10.0. The molecule has 1 aromatic rings. The molecule has 3 heteroatoms. The smallest absolute Gasteiger partial charge is 0.193 e. The van der Waals surface area contributed by atoms with E-state index in [1.807, 2.05) is 6.07 Å². The van der Waals surface area contributed by atoms with Gasteiger partial charge in [-0.15, -0.1) is 0 Å². The minimum absolute atomic E-state index is 0.525. The maximum atomic E-state index is 5.99. The van der Waals surface area contributed by atoms with Crippen LogP contribution in [0.4, 0.5) is 5.69 Å². The minimum atomic E-state index is 0.525. The molecule has 102 valence electrons. The monoisotopic (exact) mass is 257 g/mol. The second-order valence-corrected chi connectivity index (χ2v) is 6.02. The number of benzene rings is 1. The Morgan fingerprint density at radius 3 is 2.84 bits per heavy atom. The molecule has 3 rings (SSSR count). The van der Waals surface area contributed by atoms with Gasteiger partial charge in [-0.2, -0.15) is 0 Å². The van der Waals surface area contributed by atoms with E-state index < -0.39 is 0 Å². The first-order valence-electron chi connectivity index (χ1n) is 7.38. The topological polar surface area (TPSA) is 50.4 Å². The molecule has 2 aliphatic carbocycles. The van der Waals surface area contributed by atoms with Gasteiger partial charge in [0.25, 0.3) is 0 Å². The zero-order chi connectivity index (χ0) is 13.3. The van der Waals surface area contributed by atoms with E-state index in [1.54, 1.807) is 0 Å². The second kappa shape index (κ2) is 4.87. The number of aliphatic imine (C=N–C) groups is 1. The third kappa shape index (κ3) is 2.91. The molecule has 0 bridgehead atoms. The predicted octanol–water partition coefficient (Wildman–Crippen LogP) is 3.17. The highest BCUT2D eigenvalue weighted by atomic mass is 15.1. The van der Waals surface area contributed by atoms with Crippen molar-refractivity contribution in [3.8, 4) is 0 Å². The Hall–Kier alpha value is -1.51. The highest BCUT2D eigenvalue weighted by Crippen LogP contribution is 2.61. The highest BCUT2D eigenvalue weighted by molar-refractivity contribution is 5.92. The number of nitrogens with two attached hydrogens (primary N) is 1. The van der Waals surface area contributed by atoms with Crippen LogP contribution in [0.25, 0.3) is 0 Å². The number of anilines is 1. The number of nitrogens with one attached hydrogen (secondary N) is 1. The molecule has 0 aliphatic heterocycles. The lowest BCUT2D eigenvalue weighted by molar-refractivity contribution is 0.454. The van der Waals surface area contributed by atoms with Gasteiger partial charge in [-0.05, 0) is 61.1 Å². The molecule has 19 heavy (non-hydrogen) atoms. The van der Waals surface area contributed by atoms with E-state index in [-0.39, 0.29) is 0 Å². The summed E-state index contributed by atoms with van der Waals surface area (Å²) in [6.45, 7) is 3.06. The van der Waals surface area contributed by atoms with Gasteiger partial charge in [-0.3, -0.25) is 4.99 Å². The van der Waals surface area contributed by atoms with E-state index in [0.29, 0.717) is 11.4 Å². The lowest BCUT2D eigenvalue weighted by Gasteiger charge is -2.12. The molecular weight excluding hydrogens is 234 g/mol. The van der Waals surface area contributed by atoms with Crippen molar-refractivity contribution in [3.05, 3.63) is 29.8 Å². The average Bonchev–Trinajstić information content (AvgIpc) is 3.28. The molecule has 0 unspecified atom stereocenters. The Bertz CT molecular complexity index is 485. The number of aryl methyl sites for hydroxylation is 1. The van der Waals surface area contributed by atoms with E-state index >= 15 is 0 Å². The van der Waals surface area contributed by atoms with Crippen LogP contribution in [0.3, 0.4) is 0 Å². The van der Waals surface area contributed by atoms with E-state index in [2.05, 4.69) is 35.4 Å². The van der Waals surface area contributed by atoms with Gasteiger partial charge in [0, 0.05) is 12.2 Å². The van der Waals surface area contributed by atoms with Crippen LogP contribution in [0, 0.1) is 11.3 Å². The Morgan fingerprint density at radius 1 is 1.42 bits per heavy atom. The lowest BCUT2D eigenvalue weighted by Crippen LogP contribution is -2.24. The summed E-state index contributed by atoms with van der Waals surface area (Å²) in [6.07, 6.45) is 6.54. The van der Waals surface area contributed by atoms with Gasteiger partial charge >= 0.3 is 0 Å². The summed E-state index contributed by atoms with van der Waals surface area (Å²) in [4.78, 5) is 4.55. The summed E-state index contributed by atoms with van der Waals surface area (Å²) >= 11 is 0. The van der Waals surface area contributed by atoms with E-state index in [9.17, 15) is 0 Å². The zero-order valence-electron chi connectivity index (χ0n) is 11.7. The Balaban J connectivity index is 1.59. The highest BCUT2D eigenvalue weighted by Gasteiger charge is 2.53. The summed E-state index contributed by atoms with van der Waals surface area (Å²) in [5.41, 5.74) is 8.87. The molecule has 2 fully saturated rings. The molecular formula is C16H23N3. The van der Waals surface area contributed by atoms with Crippen molar-refractivity contribution >= 4 is 11.6 Å². The minimum Gasteiger partial charge on any atom is -0.370 e. The molecule has 0 atom stereocenters. The van der Waals surface area contributed by atoms with Gasteiger partial charge in [-0.1, -0.05) is 19.1 Å². The van der Waals surface area contributed by atoms with Crippen molar-refractivity contribution in [2.75, 3.05) is 11.9 Å². The molecule has 2 saturated carbocycles. The number of hydrogen-bond donors (Lipinski definition) is 2. The fourth-order valence-electron chi connectivity index (χ4n) is 2.85. The number of guanidine groups is 1. The maximum absolute atomic E-state index is 5.99. The average molecular weight is 257 g/mol. The second-order valence-electron chi connectivity index (χ2n) is 6.02. The SMILES string of the molecule is CCc1cccc(NC(N)=NCC2(C3CC3)CC2)c1. The maximum Gasteiger partial charge on any atom is 0.193 e. The Kier molecular flexibility index (Phi) is 3.21. The van der Waals surface area contributed by atoms with Gasteiger partial charge in [0.1, 0.15) is 0 Å². The first kappa shape index (κ1) is 12.5. The van der Waals surface area contributed by atoms with Crippen molar-refractivity contribution in [1.29, 1.82) is 0 Å². The largest absolute Gasteiger partial charge is 0.370 e. The van der Waals surface area contributed by atoms with Gasteiger partial charge in [0.05, 0.1) is 0 Å². The standard InChI is InChI=1S/C16H23N3/c1-2-12-4-3-5-14(10-12)19-15(17)18-11-16(8-9-16)13-6-7-13/h3-5,10,13H,2,6-9,11H2,1H3,(H3,17,18,19). The van der Waals surface area contributed by atoms with Crippen LogP contribution in [0.5, 0.6) is 0 Å². The molecule has 0 saturated heterocycles. The molecule has 0 radical (unpaired) electrons. The van der Waals surface area contributed by atoms with Crippen molar-refractivity contribution in [1.82, 2.24) is 0 Å². The van der Waals surface area contributed by atoms with Crippen LogP contribution in [0.2, 0.25) is 0 Å². The summed E-state index contributed by atoms with van der Waals surface area (Å²) in [7, 11) is 0. The van der Waals surface area contributed by atoms with Crippen LogP contribution < -0.4 is 11.1 Å². The van der Waals surface area contributed by atoms with Gasteiger partial charge in [-0.25, -0.2) is 0 Å². The fraction of sp³-hybridized carbons (Fsp3) is 0.562. The van der Waals surface area contributed by atoms with Crippen LogP contribution in [-0.4, -0.2) is 12.5 Å². The number of nitrogens with zero attached hydrogens (tertiary/aromatic N) is 1. The van der Waals surface area contributed by atoms with Crippen LogP contribution in [-0.2, 0) is 6.42 Å². The van der Waals surface area contributed by atoms with Crippen molar-refractivity contribution in [2.24, 2.45) is 22.1 Å². The van der Waals surface area contributed by atoms with Crippen LogP contribution in [0.1, 0.15) is 38.2 Å². The van der Waals surface area contributed by atoms with Crippen LogP contribution in [0.15, 0.2) is 29.3 Å². The van der Waals surface area contributed by atoms with Gasteiger partial charge < -0.3 is 11.1 Å². The number of rotatable bonds is 5. The van der Waals surface area contributed by atoms with Gasteiger partial charge in [0.2, 0.25) is 0 Å². The summed E-state index contributed by atoms with van der Waals surface area (Å²) in [5, 5.41) is 3.20. The summed E-state index contributed by atoms with van der Waals surface area (Å²) in [5.74, 6) is 1.49.